The Morgan fingerprint density at radius 1 is 0.912 bits per heavy atom. The highest BCUT2D eigenvalue weighted by Crippen LogP contribution is 2.07. The van der Waals surface area contributed by atoms with E-state index in [0.717, 1.165) is 0 Å². The van der Waals surface area contributed by atoms with Crippen molar-refractivity contribution in [3.05, 3.63) is 35.9 Å². The van der Waals surface area contributed by atoms with E-state index < -0.39 is 66.9 Å². The van der Waals surface area contributed by atoms with Crippen LogP contribution in [0.3, 0.4) is 0 Å². The van der Waals surface area contributed by atoms with Gasteiger partial charge in [0.25, 0.3) is 0 Å². The van der Waals surface area contributed by atoms with Gasteiger partial charge < -0.3 is 37.0 Å². The topological polar surface area (TPSA) is 208 Å². The zero-order valence-corrected chi connectivity index (χ0v) is 19.4. The van der Waals surface area contributed by atoms with Crippen LogP contribution in [0.4, 0.5) is 0 Å². The third-order valence-electron chi connectivity index (χ3n) is 4.69. The molecule has 0 spiro atoms. The number of thioether (sulfide) groups is 1. The van der Waals surface area contributed by atoms with Gasteiger partial charge in [0.1, 0.15) is 18.1 Å². The molecular weight excluding hydrogens is 468 g/mol. The number of hydrogen-bond acceptors (Lipinski definition) is 8. The molecule has 0 heterocycles. The van der Waals surface area contributed by atoms with Crippen LogP contribution in [0.1, 0.15) is 18.4 Å². The number of aliphatic hydroxyl groups is 1. The second kappa shape index (κ2) is 14.9. The lowest BCUT2D eigenvalue weighted by atomic mass is 10.0. The summed E-state index contributed by atoms with van der Waals surface area (Å²) in [5, 5.41) is 34.7. The van der Waals surface area contributed by atoms with E-state index in [9.17, 15) is 34.2 Å². The highest BCUT2D eigenvalue weighted by atomic mass is 32.2. The molecule has 1 aromatic carbocycles. The molecule has 34 heavy (non-hydrogen) atoms. The number of nitrogens with two attached hydrogens (primary N) is 1. The van der Waals surface area contributed by atoms with Crippen LogP contribution < -0.4 is 21.7 Å². The molecule has 0 saturated carbocycles. The summed E-state index contributed by atoms with van der Waals surface area (Å²) in [6.45, 7) is -0.845. The Labute approximate surface area is 200 Å². The number of hydrogen-bond donors (Lipinski definition) is 7. The third-order valence-corrected chi connectivity index (χ3v) is 5.33. The van der Waals surface area contributed by atoms with E-state index >= 15 is 0 Å². The van der Waals surface area contributed by atoms with Crippen LogP contribution in [0.25, 0.3) is 0 Å². The van der Waals surface area contributed by atoms with Crippen LogP contribution in [-0.4, -0.2) is 87.8 Å². The minimum Gasteiger partial charge on any atom is -0.481 e. The predicted octanol–water partition coefficient (Wildman–Crippen LogP) is -1.68. The summed E-state index contributed by atoms with van der Waals surface area (Å²) in [5.74, 6) is -4.70. The van der Waals surface area contributed by atoms with E-state index in [0.29, 0.717) is 11.3 Å². The number of nitrogens with one attached hydrogen (secondary N) is 3. The Bertz CT molecular complexity index is 854. The Morgan fingerprint density at radius 2 is 1.47 bits per heavy atom. The van der Waals surface area contributed by atoms with Gasteiger partial charge in [-0.25, -0.2) is 4.79 Å². The second-order valence-corrected chi connectivity index (χ2v) is 8.37. The molecule has 0 aliphatic rings. The van der Waals surface area contributed by atoms with Gasteiger partial charge in [-0.05, 0) is 24.0 Å². The minimum absolute atomic E-state index is 0.0118. The van der Waals surface area contributed by atoms with Crippen LogP contribution >= 0.6 is 11.8 Å². The Balaban J connectivity index is 2.99. The first-order valence-electron chi connectivity index (χ1n) is 10.3. The quantitative estimate of drug-likeness (QED) is 0.146. The molecule has 0 fully saturated rings. The van der Waals surface area contributed by atoms with Crippen molar-refractivity contribution < 1.29 is 39.3 Å². The first kappa shape index (κ1) is 28.9. The van der Waals surface area contributed by atoms with Gasteiger partial charge in [0.05, 0.1) is 19.1 Å². The molecule has 4 atom stereocenters. The number of amides is 3. The van der Waals surface area contributed by atoms with Gasteiger partial charge in [0, 0.05) is 6.42 Å². The van der Waals surface area contributed by atoms with E-state index in [-0.39, 0.29) is 12.8 Å². The standard InChI is InChI=1S/C21H30N4O8S/c1-34-8-7-14(21(32)33)23-19(30)15(9-12-5-3-2-4-6-12)24-20(31)16(11-26)25-18(29)13(22)10-17(27)28/h2-6,13-16,26H,7-11,22H2,1H3,(H,23,30)(H,24,31)(H,25,29)(H,27,28)(H,32,33). The van der Waals surface area contributed by atoms with Gasteiger partial charge in [0.15, 0.2) is 0 Å². The summed E-state index contributed by atoms with van der Waals surface area (Å²) in [7, 11) is 0. The first-order valence-corrected chi connectivity index (χ1v) is 11.7. The van der Waals surface area contributed by atoms with Gasteiger partial charge in [-0.15, -0.1) is 0 Å². The second-order valence-electron chi connectivity index (χ2n) is 7.38. The molecule has 0 aromatic heterocycles. The fraction of sp³-hybridized carbons (Fsp3) is 0.476. The monoisotopic (exact) mass is 498 g/mol. The predicted molar refractivity (Wildman–Crippen MR) is 124 cm³/mol. The molecule has 13 heteroatoms. The van der Waals surface area contributed by atoms with Crippen LogP contribution in [0, 0.1) is 0 Å². The van der Waals surface area contributed by atoms with E-state index in [1.54, 1.807) is 36.6 Å². The van der Waals surface area contributed by atoms with Crippen LogP contribution in [0.2, 0.25) is 0 Å². The third kappa shape index (κ3) is 10.2. The molecule has 4 unspecified atom stereocenters. The number of aliphatic carboxylic acids is 2. The fourth-order valence-corrected chi connectivity index (χ4v) is 3.32. The van der Waals surface area contributed by atoms with E-state index in [1.165, 1.54) is 11.8 Å². The smallest absolute Gasteiger partial charge is 0.326 e. The summed E-state index contributed by atoms with van der Waals surface area (Å²) in [5.41, 5.74) is 6.14. The lowest BCUT2D eigenvalue weighted by Crippen LogP contribution is -2.58. The van der Waals surface area contributed by atoms with Crippen molar-refractivity contribution in [1.29, 1.82) is 0 Å². The average Bonchev–Trinajstić information content (AvgIpc) is 2.79. The molecule has 1 rings (SSSR count). The van der Waals surface area contributed by atoms with Crippen LogP contribution in [-0.2, 0) is 30.4 Å². The number of carbonyl (C=O) groups is 5. The number of carboxylic acids is 2. The normalized spacial score (nSPS) is 14.2. The lowest BCUT2D eigenvalue weighted by molar-refractivity contribution is -0.142. The van der Waals surface area contributed by atoms with Crippen molar-refractivity contribution in [2.75, 3.05) is 18.6 Å². The largest absolute Gasteiger partial charge is 0.481 e. The molecule has 8 N–H and O–H groups in total. The molecule has 0 saturated heterocycles. The molecule has 0 aliphatic heterocycles. The Hall–Kier alpha value is -3.16. The number of benzene rings is 1. The summed E-state index contributed by atoms with van der Waals surface area (Å²) < 4.78 is 0. The van der Waals surface area contributed by atoms with Gasteiger partial charge in [-0.1, -0.05) is 30.3 Å². The maximum absolute atomic E-state index is 12.9. The molecule has 0 aliphatic carbocycles. The number of rotatable bonds is 15. The molecule has 0 bridgehead atoms. The molecule has 3 amide bonds. The zero-order valence-electron chi connectivity index (χ0n) is 18.6. The summed E-state index contributed by atoms with van der Waals surface area (Å²) in [4.78, 5) is 59.9. The Morgan fingerprint density at radius 3 is 2.00 bits per heavy atom. The van der Waals surface area contributed by atoms with Gasteiger partial charge in [-0.3, -0.25) is 19.2 Å². The van der Waals surface area contributed by atoms with Crippen molar-refractivity contribution in [2.45, 2.75) is 43.4 Å². The van der Waals surface area contributed by atoms with Crippen molar-refractivity contribution in [3.8, 4) is 0 Å². The molecule has 188 valence electrons. The van der Waals surface area contributed by atoms with E-state index in [1.807, 2.05) is 0 Å². The summed E-state index contributed by atoms with van der Waals surface area (Å²) in [6, 6.07) is 3.30. The zero-order chi connectivity index (χ0) is 25.7. The maximum atomic E-state index is 12.9. The molecule has 1 aromatic rings. The van der Waals surface area contributed by atoms with Crippen LogP contribution in [0.15, 0.2) is 30.3 Å². The summed E-state index contributed by atoms with van der Waals surface area (Å²) in [6.07, 6.45) is 1.30. The molecular formula is C21H30N4O8S. The van der Waals surface area contributed by atoms with Gasteiger partial charge in [0.2, 0.25) is 17.7 Å². The fourth-order valence-electron chi connectivity index (χ4n) is 2.85. The highest BCUT2D eigenvalue weighted by Gasteiger charge is 2.30. The van der Waals surface area contributed by atoms with Gasteiger partial charge >= 0.3 is 11.9 Å². The highest BCUT2D eigenvalue weighted by molar-refractivity contribution is 7.98. The number of carbonyl (C=O) groups excluding carboxylic acids is 3. The Kier molecular flexibility index (Phi) is 12.6. The van der Waals surface area contributed by atoms with Crippen molar-refractivity contribution >= 4 is 41.4 Å². The van der Waals surface area contributed by atoms with Crippen molar-refractivity contribution in [1.82, 2.24) is 16.0 Å². The number of aliphatic hydroxyl groups excluding tert-OH is 1. The maximum Gasteiger partial charge on any atom is 0.326 e. The van der Waals surface area contributed by atoms with Crippen LogP contribution in [0.5, 0.6) is 0 Å². The lowest BCUT2D eigenvalue weighted by Gasteiger charge is -2.24. The van der Waals surface area contributed by atoms with Crippen molar-refractivity contribution in [2.24, 2.45) is 5.73 Å². The summed E-state index contributed by atoms with van der Waals surface area (Å²) >= 11 is 1.42. The van der Waals surface area contributed by atoms with E-state index in [2.05, 4.69) is 16.0 Å². The average molecular weight is 499 g/mol. The van der Waals surface area contributed by atoms with Crippen molar-refractivity contribution in [3.63, 3.8) is 0 Å². The minimum atomic E-state index is -1.51. The SMILES string of the molecule is CSCCC(NC(=O)C(Cc1ccccc1)NC(=O)C(CO)NC(=O)C(N)CC(=O)O)C(=O)O. The molecule has 12 nitrogen and oxygen atoms in total. The van der Waals surface area contributed by atoms with Gasteiger partial charge in [-0.2, -0.15) is 11.8 Å². The molecule has 0 radical (unpaired) electrons. The number of carboxylic acid groups (broad SMARTS) is 2. The first-order chi connectivity index (χ1) is 16.1. The van der Waals surface area contributed by atoms with E-state index in [4.69, 9.17) is 10.8 Å².